The van der Waals surface area contributed by atoms with Crippen molar-refractivity contribution in [2.45, 2.75) is 13.0 Å². The van der Waals surface area contributed by atoms with Crippen LogP contribution in [-0.2, 0) is 6.54 Å². The fourth-order valence-corrected chi connectivity index (χ4v) is 3.56. The molecule has 0 spiro atoms. The number of nitrogens with zero attached hydrogens (tertiary/aromatic N) is 2. The molecule has 0 aliphatic heterocycles. The molecule has 4 aromatic rings. The minimum absolute atomic E-state index is 0.165. The zero-order chi connectivity index (χ0) is 21.6. The topological polar surface area (TPSA) is 46.5 Å². The molecule has 0 aliphatic carbocycles. The van der Waals surface area contributed by atoms with Crippen LogP contribution in [0.2, 0.25) is 0 Å². The number of rotatable bonds is 8. The van der Waals surface area contributed by atoms with E-state index in [4.69, 9.17) is 4.74 Å². The van der Waals surface area contributed by atoms with Gasteiger partial charge in [0, 0.05) is 34.9 Å². The number of fused-ring (bicyclic) bond motifs is 1. The molecule has 158 valence electrons. The maximum atomic E-state index is 12.6. The van der Waals surface area contributed by atoms with E-state index in [0.717, 1.165) is 36.3 Å². The van der Waals surface area contributed by atoms with Crippen molar-refractivity contribution in [3.05, 3.63) is 90.6 Å². The van der Waals surface area contributed by atoms with Crippen molar-refractivity contribution in [1.29, 1.82) is 0 Å². The standard InChI is InChI=1S/C26H27N3O2/c1-28(2)15-7-16-29-17-14-20-18-24(12-13-25(20)29)31-23-11-6-8-21(19-23)26(30)27-22-9-4-3-5-10-22/h3-6,8-14,17-19H,7,15-16H2,1-2H3,(H,27,30). The maximum absolute atomic E-state index is 12.6. The first-order valence-electron chi connectivity index (χ1n) is 10.5. The molecule has 1 N–H and O–H groups in total. The summed E-state index contributed by atoms with van der Waals surface area (Å²) in [4.78, 5) is 14.8. The van der Waals surface area contributed by atoms with Crippen LogP contribution in [-0.4, -0.2) is 36.0 Å². The van der Waals surface area contributed by atoms with Gasteiger partial charge >= 0.3 is 0 Å². The van der Waals surface area contributed by atoms with Crippen molar-refractivity contribution < 1.29 is 9.53 Å². The van der Waals surface area contributed by atoms with Crippen LogP contribution >= 0.6 is 0 Å². The Morgan fingerprint density at radius 3 is 2.55 bits per heavy atom. The quantitative estimate of drug-likeness (QED) is 0.407. The van der Waals surface area contributed by atoms with E-state index in [1.807, 2.05) is 54.6 Å². The number of aromatic nitrogens is 1. The fourth-order valence-electron chi connectivity index (χ4n) is 3.56. The van der Waals surface area contributed by atoms with Crippen LogP contribution in [0.4, 0.5) is 5.69 Å². The van der Waals surface area contributed by atoms with Crippen LogP contribution in [0.15, 0.2) is 85.1 Å². The highest BCUT2D eigenvalue weighted by atomic mass is 16.5. The third-order valence-corrected chi connectivity index (χ3v) is 5.11. The molecule has 0 saturated heterocycles. The van der Waals surface area contributed by atoms with Gasteiger partial charge in [-0.2, -0.15) is 0 Å². The molecule has 5 heteroatoms. The van der Waals surface area contributed by atoms with Gasteiger partial charge in [0.25, 0.3) is 5.91 Å². The highest BCUT2D eigenvalue weighted by molar-refractivity contribution is 6.04. The molecule has 1 aromatic heterocycles. The first-order valence-corrected chi connectivity index (χ1v) is 10.5. The third kappa shape index (κ3) is 5.32. The van der Waals surface area contributed by atoms with E-state index >= 15 is 0 Å². The van der Waals surface area contributed by atoms with E-state index in [0.29, 0.717) is 11.3 Å². The first-order chi connectivity index (χ1) is 15.1. The van der Waals surface area contributed by atoms with Gasteiger partial charge in [0.05, 0.1) is 0 Å². The number of ether oxygens (including phenoxy) is 1. The molecule has 0 aliphatic rings. The maximum Gasteiger partial charge on any atom is 0.255 e. The van der Waals surface area contributed by atoms with Crippen molar-refractivity contribution >= 4 is 22.5 Å². The summed E-state index contributed by atoms with van der Waals surface area (Å²) in [5.41, 5.74) is 2.51. The number of hydrogen-bond donors (Lipinski definition) is 1. The van der Waals surface area contributed by atoms with E-state index in [9.17, 15) is 4.79 Å². The second-order valence-electron chi connectivity index (χ2n) is 7.84. The second kappa shape index (κ2) is 9.49. The lowest BCUT2D eigenvalue weighted by Gasteiger charge is -2.11. The van der Waals surface area contributed by atoms with Crippen molar-refractivity contribution in [3.63, 3.8) is 0 Å². The predicted molar refractivity (Wildman–Crippen MR) is 126 cm³/mol. The molecular weight excluding hydrogens is 386 g/mol. The first kappa shape index (κ1) is 20.7. The van der Waals surface area contributed by atoms with Gasteiger partial charge in [-0.25, -0.2) is 0 Å². The summed E-state index contributed by atoms with van der Waals surface area (Å²) in [5.74, 6) is 1.21. The molecule has 4 rings (SSSR count). The summed E-state index contributed by atoms with van der Waals surface area (Å²) >= 11 is 0. The normalized spacial score (nSPS) is 11.1. The molecule has 0 saturated carbocycles. The minimum atomic E-state index is -0.165. The minimum Gasteiger partial charge on any atom is -0.457 e. The lowest BCUT2D eigenvalue weighted by molar-refractivity contribution is 0.102. The molecule has 31 heavy (non-hydrogen) atoms. The smallest absolute Gasteiger partial charge is 0.255 e. The Hall–Kier alpha value is -3.57. The number of carbonyl (C=O) groups excluding carboxylic acids is 1. The van der Waals surface area contributed by atoms with E-state index < -0.39 is 0 Å². The average Bonchev–Trinajstić information content (AvgIpc) is 3.16. The highest BCUT2D eigenvalue weighted by Gasteiger charge is 2.09. The zero-order valence-corrected chi connectivity index (χ0v) is 17.9. The molecule has 0 atom stereocenters. The number of benzene rings is 3. The van der Waals surface area contributed by atoms with Crippen LogP contribution in [0, 0.1) is 0 Å². The van der Waals surface area contributed by atoms with Gasteiger partial charge in [-0.1, -0.05) is 24.3 Å². The van der Waals surface area contributed by atoms with Gasteiger partial charge in [-0.15, -0.1) is 0 Å². The van der Waals surface area contributed by atoms with Crippen molar-refractivity contribution in [3.8, 4) is 11.5 Å². The van der Waals surface area contributed by atoms with E-state index in [1.54, 1.807) is 12.1 Å². The molecule has 0 unspecified atom stereocenters. The third-order valence-electron chi connectivity index (χ3n) is 5.11. The molecule has 1 heterocycles. The van der Waals surface area contributed by atoms with E-state index in [1.165, 1.54) is 5.52 Å². The van der Waals surface area contributed by atoms with Crippen LogP contribution < -0.4 is 10.1 Å². The largest absolute Gasteiger partial charge is 0.457 e. The summed E-state index contributed by atoms with van der Waals surface area (Å²) < 4.78 is 8.33. The van der Waals surface area contributed by atoms with Gasteiger partial charge in [-0.05, 0) is 81.7 Å². The lowest BCUT2D eigenvalue weighted by atomic mass is 10.2. The average molecular weight is 414 g/mol. The van der Waals surface area contributed by atoms with Gasteiger partial charge in [-0.3, -0.25) is 4.79 Å². The van der Waals surface area contributed by atoms with Gasteiger partial charge in [0.15, 0.2) is 0 Å². The van der Waals surface area contributed by atoms with Crippen molar-refractivity contribution in [1.82, 2.24) is 9.47 Å². The van der Waals surface area contributed by atoms with Crippen molar-refractivity contribution in [2.24, 2.45) is 0 Å². The van der Waals surface area contributed by atoms with Gasteiger partial charge < -0.3 is 19.5 Å². The predicted octanol–water partition coefficient (Wildman–Crippen LogP) is 5.64. The second-order valence-corrected chi connectivity index (χ2v) is 7.84. The summed E-state index contributed by atoms with van der Waals surface area (Å²) in [6, 6.07) is 24.9. The Labute approximate surface area is 182 Å². The van der Waals surface area contributed by atoms with Crippen LogP contribution in [0.3, 0.4) is 0 Å². The number of hydrogen-bond acceptors (Lipinski definition) is 3. The van der Waals surface area contributed by atoms with E-state index in [-0.39, 0.29) is 5.91 Å². The summed E-state index contributed by atoms with van der Waals surface area (Å²) in [5, 5.41) is 4.04. The molecule has 0 fully saturated rings. The molecular formula is C26H27N3O2. The summed E-state index contributed by atoms with van der Waals surface area (Å²) in [6.45, 7) is 2.05. The Kier molecular flexibility index (Phi) is 6.34. The van der Waals surface area contributed by atoms with Crippen LogP contribution in [0.5, 0.6) is 11.5 Å². The monoisotopic (exact) mass is 413 g/mol. The number of carbonyl (C=O) groups is 1. The van der Waals surface area contributed by atoms with Crippen LogP contribution in [0.1, 0.15) is 16.8 Å². The zero-order valence-electron chi connectivity index (χ0n) is 17.9. The van der Waals surface area contributed by atoms with Gasteiger partial charge in [0.2, 0.25) is 0 Å². The fraction of sp³-hybridized carbons (Fsp3) is 0.192. The molecule has 0 radical (unpaired) electrons. The molecule has 3 aromatic carbocycles. The number of amides is 1. The lowest BCUT2D eigenvalue weighted by Crippen LogP contribution is -2.14. The Morgan fingerprint density at radius 1 is 0.935 bits per heavy atom. The van der Waals surface area contributed by atoms with Crippen molar-refractivity contribution in [2.75, 3.05) is 26.0 Å². The Bertz CT molecular complexity index is 1170. The van der Waals surface area contributed by atoms with Gasteiger partial charge in [0.1, 0.15) is 11.5 Å². The van der Waals surface area contributed by atoms with Crippen LogP contribution in [0.25, 0.3) is 10.9 Å². The van der Waals surface area contributed by atoms with E-state index in [2.05, 4.69) is 47.2 Å². The molecule has 1 amide bonds. The molecule has 5 nitrogen and oxygen atoms in total. The Balaban J connectivity index is 1.45. The Morgan fingerprint density at radius 2 is 1.74 bits per heavy atom. The number of nitrogens with one attached hydrogen (secondary N) is 1. The summed E-state index contributed by atoms with van der Waals surface area (Å²) in [7, 11) is 4.19. The number of aryl methyl sites for hydroxylation is 1. The highest BCUT2D eigenvalue weighted by Crippen LogP contribution is 2.27. The molecule has 0 bridgehead atoms. The number of anilines is 1. The summed E-state index contributed by atoms with van der Waals surface area (Å²) in [6.07, 6.45) is 3.23. The SMILES string of the molecule is CN(C)CCCn1ccc2cc(Oc3cccc(C(=O)Nc4ccccc4)c3)ccc21. The number of para-hydroxylation sites is 1.